The minimum atomic E-state index is -0.529. The van der Waals surface area contributed by atoms with E-state index in [-0.39, 0.29) is 0 Å². The number of nitrogens with zero attached hydrogens (tertiary/aromatic N) is 2. The van der Waals surface area contributed by atoms with E-state index in [0.29, 0.717) is 0 Å². The number of allylic oxidation sites excluding steroid dienone is 2. The minimum Gasteiger partial charge on any atom is -0.457 e. The summed E-state index contributed by atoms with van der Waals surface area (Å²) in [6.07, 6.45) is 5.55. The fourth-order valence-electron chi connectivity index (χ4n) is 4.43. The predicted octanol–water partition coefficient (Wildman–Crippen LogP) is 5.52. The van der Waals surface area contributed by atoms with Crippen LogP contribution in [-0.4, -0.2) is 11.2 Å². The van der Waals surface area contributed by atoms with Crippen LogP contribution in [0, 0.1) is 0 Å². The highest BCUT2D eigenvalue weighted by molar-refractivity contribution is 5.89. The van der Waals surface area contributed by atoms with Crippen molar-refractivity contribution in [3.63, 3.8) is 0 Å². The molecular formula is C24H18N2O. The van der Waals surface area contributed by atoms with E-state index in [1.807, 2.05) is 55.7 Å². The molecule has 0 saturated carbocycles. The van der Waals surface area contributed by atoms with Crippen molar-refractivity contribution in [2.24, 2.45) is 4.99 Å². The van der Waals surface area contributed by atoms with Crippen LogP contribution in [0.5, 0.6) is 11.5 Å². The molecule has 1 aromatic heterocycles. The van der Waals surface area contributed by atoms with Crippen LogP contribution in [0.1, 0.15) is 29.3 Å². The Hall–Kier alpha value is -3.46. The Balaban J connectivity index is 2.01. The molecule has 0 atom stereocenters. The van der Waals surface area contributed by atoms with Gasteiger partial charge >= 0.3 is 0 Å². The zero-order valence-corrected chi connectivity index (χ0v) is 15.0. The highest BCUT2D eigenvalue weighted by Gasteiger charge is 2.52. The fraction of sp³-hybridized carbons (Fsp3) is 0.0833. The Morgan fingerprint density at radius 2 is 1.56 bits per heavy atom. The summed E-state index contributed by atoms with van der Waals surface area (Å²) >= 11 is 0. The lowest BCUT2D eigenvalue weighted by atomic mass is 9.65. The molecule has 0 radical (unpaired) electrons. The molecule has 0 saturated heterocycles. The van der Waals surface area contributed by atoms with Crippen molar-refractivity contribution >= 4 is 11.9 Å². The Morgan fingerprint density at radius 3 is 2.19 bits per heavy atom. The Morgan fingerprint density at radius 1 is 0.926 bits per heavy atom. The van der Waals surface area contributed by atoms with Gasteiger partial charge in [0.15, 0.2) is 0 Å². The van der Waals surface area contributed by atoms with Crippen LogP contribution >= 0.6 is 0 Å². The van der Waals surface area contributed by atoms with Gasteiger partial charge in [0.2, 0.25) is 0 Å². The van der Waals surface area contributed by atoms with Crippen molar-refractivity contribution in [3.8, 4) is 11.5 Å². The molecule has 0 bridgehead atoms. The maximum atomic E-state index is 6.25. The van der Waals surface area contributed by atoms with Crippen LogP contribution in [-0.2, 0) is 5.41 Å². The molecule has 5 rings (SSSR count). The van der Waals surface area contributed by atoms with Gasteiger partial charge in [0, 0.05) is 23.5 Å². The largest absolute Gasteiger partial charge is 0.457 e. The lowest BCUT2D eigenvalue weighted by Gasteiger charge is -2.39. The number of pyridine rings is 1. The molecule has 1 spiro atoms. The molecule has 3 aromatic rings. The van der Waals surface area contributed by atoms with E-state index in [0.717, 1.165) is 45.2 Å². The summed E-state index contributed by atoms with van der Waals surface area (Å²) in [5, 5.41) is 0. The highest BCUT2D eigenvalue weighted by Crippen LogP contribution is 2.60. The molecule has 0 N–H and O–H groups in total. The second kappa shape index (κ2) is 5.78. The number of aliphatic imine (C=N–C) groups is 1. The highest BCUT2D eigenvalue weighted by atomic mass is 16.5. The second-order valence-corrected chi connectivity index (χ2v) is 6.60. The van der Waals surface area contributed by atoms with Gasteiger partial charge in [-0.1, -0.05) is 55.1 Å². The zero-order valence-electron chi connectivity index (χ0n) is 15.0. The normalized spacial score (nSPS) is 16.0. The number of fused-ring (bicyclic) bond motifs is 6. The minimum absolute atomic E-state index is 0.529. The number of hydrogen-bond donors (Lipinski definition) is 0. The Labute approximate surface area is 158 Å². The number of hydrogen-bond acceptors (Lipinski definition) is 3. The van der Waals surface area contributed by atoms with E-state index >= 15 is 0 Å². The average Bonchev–Trinajstić information content (AvgIpc) is 2.99. The van der Waals surface area contributed by atoms with Gasteiger partial charge in [0.25, 0.3) is 0 Å². The first kappa shape index (κ1) is 15.8. The average molecular weight is 350 g/mol. The molecule has 2 aromatic carbocycles. The molecule has 2 heterocycles. The molecule has 3 nitrogen and oxygen atoms in total. The topological polar surface area (TPSA) is 34.5 Å². The van der Waals surface area contributed by atoms with Crippen molar-refractivity contribution in [1.29, 1.82) is 0 Å². The van der Waals surface area contributed by atoms with Crippen molar-refractivity contribution in [2.45, 2.75) is 12.3 Å². The van der Waals surface area contributed by atoms with Crippen molar-refractivity contribution in [1.82, 2.24) is 4.98 Å². The van der Waals surface area contributed by atoms with Gasteiger partial charge in [-0.15, -0.1) is 0 Å². The van der Waals surface area contributed by atoms with Gasteiger partial charge in [-0.2, -0.15) is 0 Å². The van der Waals surface area contributed by atoms with Crippen LogP contribution in [0.3, 0.4) is 0 Å². The summed E-state index contributed by atoms with van der Waals surface area (Å²) < 4.78 is 6.25. The van der Waals surface area contributed by atoms with Gasteiger partial charge < -0.3 is 4.74 Å². The van der Waals surface area contributed by atoms with Gasteiger partial charge in [-0.25, -0.2) is 0 Å². The van der Waals surface area contributed by atoms with Gasteiger partial charge in [0.05, 0.1) is 16.8 Å². The van der Waals surface area contributed by atoms with Gasteiger partial charge in [-0.05, 0) is 36.3 Å². The van der Waals surface area contributed by atoms with E-state index < -0.39 is 5.41 Å². The maximum Gasteiger partial charge on any atom is 0.132 e. The summed E-state index contributed by atoms with van der Waals surface area (Å²) in [7, 11) is 0. The SMILES string of the molecule is C=CC1=C(N=CC)c2ncccc2C12c1ccccc1Oc1ccccc12. The van der Waals surface area contributed by atoms with Crippen LogP contribution in [0.2, 0.25) is 0 Å². The Kier molecular flexibility index (Phi) is 3.37. The van der Waals surface area contributed by atoms with Gasteiger partial charge in [-0.3, -0.25) is 9.98 Å². The zero-order chi connectivity index (χ0) is 18.4. The van der Waals surface area contributed by atoms with Crippen LogP contribution in [0.4, 0.5) is 0 Å². The lowest BCUT2D eigenvalue weighted by Crippen LogP contribution is -2.32. The van der Waals surface area contributed by atoms with Crippen molar-refractivity contribution in [3.05, 3.63) is 107 Å². The van der Waals surface area contributed by atoms with Crippen LogP contribution in [0.25, 0.3) is 5.70 Å². The molecule has 1 aliphatic carbocycles. The molecule has 0 fully saturated rings. The third-order valence-corrected chi connectivity index (χ3v) is 5.36. The third-order valence-electron chi connectivity index (χ3n) is 5.36. The number of ether oxygens (including phenoxy) is 1. The van der Waals surface area contributed by atoms with Crippen molar-refractivity contribution in [2.75, 3.05) is 0 Å². The van der Waals surface area contributed by atoms with E-state index in [9.17, 15) is 0 Å². The van der Waals surface area contributed by atoms with Crippen molar-refractivity contribution < 1.29 is 4.74 Å². The summed E-state index contributed by atoms with van der Waals surface area (Å²) in [5.74, 6) is 1.71. The third kappa shape index (κ3) is 1.91. The van der Waals surface area contributed by atoms with Crippen LogP contribution in [0.15, 0.2) is 90.1 Å². The lowest BCUT2D eigenvalue weighted by molar-refractivity contribution is 0.435. The fourth-order valence-corrected chi connectivity index (χ4v) is 4.43. The first-order valence-electron chi connectivity index (χ1n) is 9.01. The molecule has 0 amide bonds. The first-order valence-corrected chi connectivity index (χ1v) is 9.01. The predicted molar refractivity (Wildman–Crippen MR) is 108 cm³/mol. The van der Waals surface area contributed by atoms with E-state index in [2.05, 4.69) is 36.9 Å². The molecule has 2 aliphatic rings. The maximum absolute atomic E-state index is 6.25. The molecule has 27 heavy (non-hydrogen) atoms. The van der Waals surface area contributed by atoms with E-state index in [4.69, 9.17) is 14.7 Å². The Bertz CT molecular complexity index is 1090. The van der Waals surface area contributed by atoms with E-state index in [1.54, 1.807) is 0 Å². The molecule has 0 unspecified atom stereocenters. The number of benzene rings is 2. The molecule has 1 aliphatic heterocycles. The summed E-state index contributed by atoms with van der Waals surface area (Å²) in [6.45, 7) is 6.08. The summed E-state index contributed by atoms with van der Waals surface area (Å²) in [6, 6.07) is 20.5. The standard InChI is InChI=1S/C24H18N2O/c1-3-16-22(25-4-2)23-19(12-9-15-26-23)24(16)17-10-5-7-13-20(17)27-21-14-8-6-11-18(21)24/h3-15H,1H2,2H3. The smallest absolute Gasteiger partial charge is 0.132 e. The molecule has 130 valence electrons. The summed E-state index contributed by atoms with van der Waals surface area (Å²) in [4.78, 5) is 9.39. The molecule has 3 heteroatoms. The number of aromatic nitrogens is 1. The number of rotatable bonds is 2. The quantitative estimate of drug-likeness (QED) is 0.570. The molecular weight excluding hydrogens is 332 g/mol. The second-order valence-electron chi connectivity index (χ2n) is 6.60. The summed E-state index contributed by atoms with van der Waals surface area (Å²) in [5.41, 5.74) is 5.58. The monoisotopic (exact) mass is 350 g/mol. The van der Waals surface area contributed by atoms with Gasteiger partial charge in [0.1, 0.15) is 11.5 Å². The van der Waals surface area contributed by atoms with Crippen LogP contribution < -0.4 is 4.74 Å². The first-order chi connectivity index (χ1) is 13.3. The van der Waals surface area contributed by atoms with E-state index in [1.165, 1.54) is 0 Å². The number of para-hydroxylation sites is 2.